The number of carbonyl (C=O) groups is 3. The van der Waals surface area contributed by atoms with Gasteiger partial charge in [-0.25, -0.2) is 9.59 Å². The minimum atomic E-state index is -0.651. The molecule has 1 saturated heterocycles. The quantitative estimate of drug-likeness (QED) is 0.676. The van der Waals surface area contributed by atoms with Gasteiger partial charge in [-0.05, 0) is 31.5 Å². The van der Waals surface area contributed by atoms with Crippen LogP contribution in [0.3, 0.4) is 0 Å². The fourth-order valence-electron chi connectivity index (χ4n) is 4.03. The summed E-state index contributed by atoms with van der Waals surface area (Å²) in [7, 11) is 0. The van der Waals surface area contributed by atoms with E-state index in [-0.39, 0.29) is 18.5 Å². The van der Waals surface area contributed by atoms with E-state index < -0.39 is 12.0 Å². The van der Waals surface area contributed by atoms with Crippen molar-refractivity contribution in [3.8, 4) is 0 Å². The number of nitrogens with one attached hydrogen (secondary N) is 1. The molecule has 0 spiro atoms. The molecule has 3 amide bonds. The summed E-state index contributed by atoms with van der Waals surface area (Å²) >= 11 is 6.18. The van der Waals surface area contributed by atoms with Gasteiger partial charge < -0.3 is 15.0 Å². The number of hydrogen-bond donors (Lipinski definition) is 1. The number of piperazine rings is 1. The zero-order chi connectivity index (χ0) is 22.5. The number of nitrogens with zero attached hydrogens (tertiary/aromatic N) is 3. The molecule has 1 fully saturated rings. The van der Waals surface area contributed by atoms with Crippen LogP contribution in [0, 0.1) is 0 Å². The summed E-state index contributed by atoms with van der Waals surface area (Å²) in [6.07, 6.45) is 0. The molecule has 3 rings (SSSR count). The lowest BCUT2D eigenvalue weighted by atomic mass is 9.94. The van der Waals surface area contributed by atoms with Gasteiger partial charge in [0, 0.05) is 56.9 Å². The third kappa shape index (κ3) is 5.19. The number of carbonyl (C=O) groups excluding carboxylic acids is 3. The Morgan fingerprint density at radius 3 is 2.48 bits per heavy atom. The number of amides is 3. The molecule has 0 aromatic heterocycles. The Kier molecular flexibility index (Phi) is 7.56. The summed E-state index contributed by atoms with van der Waals surface area (Å²) < 4.78 is 5.38. The second kappa shape index (κ2) is 10.2. The predicted molar refractivity (Wildman–Crippen MR) is 117 cm³/mol. The number of likely N-dealkylation sites (N-methyl/N-ethyl adjacent to an activating group) is 1. The molecule has 0 bridgehead atoms. The maximum Gasteiger partial charge on any atom is 0.338 e. The van der Waals surface area contributed by atoms with Gasteiger partial charge >= 0.3 is 12.0 Å². The second-order valence-corrected chi connectivity index (χ2v) is 7.98. The molecule has 0 saturated carbocycles. The molecule has 9 heteroatoms. The van der Waals surface area contributed by atoms with Gasteiger partial charge in [-0.15, -0.1) is 0 Å². The summed E-state index contributed by atoms with van der Waals surface area (Å²) in [6, 6.07) is 6.20. The van der Waals surface area contributed by atoms with Crippen LogP contribution < -0.4 is 5.32 Å². The van der Waals surface area contributed by atoms with Gasteiger partial charge in [0.1, 0.15) is 0 Å². The van der Waals surface area contributed by atoms with Crippen LogP contribution in [-0.2, 0) is 14.3 Å². The van der Waals surface area contributed by atoms with Crippen molar-refractivity contribution >= 4 is 29.5 Å². The van der Waals surface area contributed by atoms with Crippen molar-refractivity contribution in [1.29, 1.82) is 0 Å². The van der Waals surface area contributed by atoms with Crippen LogP contribution >= 0.6 is 11.6 Å². The summed E-state index contributed by atoms with van der Waals surface area (Å²) in [6.45, 7) is 8.83. The molecule has 1 N–H and O–H groups in total. The van der Waals surface area contributed by atoms with Crippen molar-refractivity contribution in [2.24, 2.45) is 0 Å². The smallest absolute Gasteiger partial charge is 0.338 e. The maximum absolute atomic E-state index is 13.1. The molecule has 8 nitrogen and oxygen atoms in total. The topological polar surface area (TPSA) is 82.2 Å². The minimum absolute atomic E-state index is 0.0549. The van der Waals surface area contributed by atoms with Crippen LogP contribution in [0.1, 0.15) is 32.4 Å². The van der Waals surface area contributed by atoms with Gasteiger partial charge in [0.15, 0.2) is 0 Å². The first kappa shape index (κ1) is 23.1. The highest BCUT2D eigenvalue weighted by atomic mass is 35.5. The molecule has 1 aromatic carbocycles. The first-order valence-corrected chi connectivity index (χ1v) is 10.9. The molecule has 0 aliphatic carbocycles. The Labute approximate surface area is 187 Å². The second-order valence-electron chi connectivity index (χ2n) is 7.54. The van der Waals surface area contributed by atoms with Crippen LogP contribution in [0.5, 0.6) is 0 Å². The van der Waals surface area contributed by atoms with Gasteiger partial charge in [0.05, 0.1) is 18.2 Å². The van der Waals surface area contributed by atoms with E-state index >= 15 is 0 Å². The predicted octanol–water partition coefficient (Wildman–Crippen LogP) is 2.41. The number of rotatable bonds is 6. The van der Waals surface area contributed by atoms with Crippen LogP contribution in [-0.4, -0.2) is 78.5 Å². The number of halogens is 1. The Hall–Kier alpha value is -2.58. The van der Waals surface area contributed by atoms with E-state index in [1.165, 1.54) is 0 Å². The Morgan fingerprint density at radius 1 is 1.19 bits per heavy atom. The van der Waals surface area contributed by atoms with E-state index in [2.05, 4.69) is 10.2 Å². The fourth-order valence-corrected chi connectivity index (χ4v) is 4.23. The highest BCUT2D eigenvalue weighted by molar-refractivity contribution is 6.30. The van der Waals surface area contributed by atoms with Gasteiger partial charge in [-0.1, -0.05) is 23.7 Å². The Balaban J connectivity index is 2.00. The summed E-state index contributed by atoms with van der Waals surface area (Å²) in [4.78, 5) is 43.2. The molecule has 1 aromatic rings. The molecule has 31 heavy (non-hydrogen) atoms. The van der Waals surface area contributed by atoms with E-state index in [4.69, 9.17) is 16.3 Å². The van der Waals surface area contributed by atoms with Crippen LogP contribution in [0.2, 0.25) is 5.02 Å². The van der Waals surface area contributed by atoms with Crippen molar-refractivity contribution < 1.29 is 19.1 Å². The number of hydrogen-bond acceptors (Lipinski definition) is 5. The van der Waals surface area contributed by atoms with Crippen LogP contribution in [0.15, 0.2) is 35.5 Å². The third-order valence-corrected chi connectivity index (χ3v) is 5.86. The number of benzene rings is 1. The van der Waals surface area contributed by atoms with Crippen molar-refractivity contribution in [2.45, 2.75) is 26.8 Å². The zero-order valence-corrected chi connectivity index (χ0v) is 18.9. The molecule has 0 radical (unpaired) electrons. The monoisotopic (exact) mass is 448 g/mol. The van der Waals surface area contributed by atoms with Gasteiger partial charge in [-0.3, -0.25) is 14.6 Å². The lowest BCUT2D eigenvalue weighted by Crippen LogP contribution is -2.53. The van der Waals surface area contributed by atoms with E-state index in [0.717, 1.165) is 5.56 Å². The van der Waals surface area contributed by atoms with Crippen LogP contribution in [0.4, 0.5) is 4.79 Å². The molecule has 2 aliphatic heterocycles. The Bertz CT molecular complexity index is 880. The largest absolute Gasteiger partial charge is 0.463 e. The minimum Gasteiger partial charge on any atom is -0.463 e. The third-order valence-electron chi connectivity index (χ3n) is 5.62. The molecule has 1 atom stereocenters. The molecule has 168 valence electrons. The average molecular weight is 449 g/mol. The lowest BCUT2D eigenvalue weighted by Gasteiger charge is -2.40. The first-order chi connectivity index (χ1) is 14.8. The standard InChI is InChI=1S/C22H29ClN4O4/c1-4-27-18(14-25-9-11-26(12-10-25)15(3)28)19(21(29)31-5-2)20(24-22(27)30)16-7-6-8-17(23)13-16/h6-8,13,20H,4-5,9-12,14H2,1-3H3,(H,24,30)/t20-/m0/s1. The number of ether oxygens (including phenoxy) is 1. The van der Waals surface area contributed by atoms with Crippen molar-refractivity contribution in [1.82, 2.24) is 20.0 Å². The summed E-state index contributed by atoms with van der Waals surface area (Å²) in [5.41, 5.74) is 1.77. The fraction of sp³-hybridized carbons (Fsp3) is 0.500. The van der Waals surface area contributed by atoms with E-state index in [9.17, 15) is 14.4 Å². The normalized spacial score (nSPS) is 20.0. The molecular weight excluding hydrogens is 420 g/mol. The summed E-state index contributed by atoms with van der Waals surface area (Å²) in [5.74, 6) is -0.400. The highest BCUT2D eigenvalue weighted by Gasteiger charge is 2.38. The average Bonchev–Trinajstić information content (AvgIpc) is 2.74. The molecular formula is C22H29ClN4O4. The van der Waals surface area contributed by atoms with Gasteiger partial charge in [-0.2, -0.15) is 0 Å². The van der Waals surface area contributed by atoms with E-state index in [0.29, 0.717) is 55.6 Å². The molecule has 2 heterocycles. The van der Waals surface area contributed by atoms with Crippen molar-refractivity contribution in [3.05, 3.63) is 46.1 Å². The molecule has 2 aliphatic rings. The van der Waals surface area contributed by atoms with Crippen molar-refractivity contribution in [3.63, 3.8) is 0 Å². The van der Waals surface area contributed by atoms with E-state index in [1.807, 2.05) is 13.0 Å². The molecule has 0 unspecified atom stereocenters. The lowest BCUT2D eigenvalue weighted by molar-refractivity contribution is -0.139. The number of esters is 1. The van der Waals surface area contributed by atoms with E-state index in [1.54, 1.807) is 41.8 Å². The zero-order valence-electron chi connectivity index (χ0n) is 18.2. The van der Waals surface area contributed by atoms with Crippen LogP contribution in [0.25, 0.3) is 0 Å². The maximum atomic E-state index is 13.1. The van der Waals surface area contributed by atoms with Gasteiger partial charge in [0.25, 0.3) is 0 Å². The summed E-state index contributed by atoms with van der Waals surface area (Å²) in [5, 5.41) is 3.46. The number of urea groups is 1. The SMILES string of the molecule is CCOC(=O)C1=C(CN2CCN(C(C)=O)CC2)N(CC)C(=O)N[C@H]1c1cccc(Cl)c1. The van der Waals surface area contributed by atoms with Crippen molar-refractivity contribution in [2.75, 3.05) is 45.9 Å². The van der Waals surface area contributed by atoms with Gasteiger partial charge in [0.2, 0.25) is 5.91 Å². The highest BCUT2D eigenvalue weighted by Crippen LogP contribution is 2.33. The Morgan fingerprint density at radius 2 is 1.90 bits per heavy atom. The first-order valence-electron chi connectivity index (χ1n) is 10.6.